The first kappa shape index (κ1) is 28.0. The quantitative estimate of drug-likeness (QED) is 0.133. The second-order valence-corrected chi connectivity index (χ2v) is 14.5. The van der Waals surface area contributed by atoms with E-state index < -0.39 is 0 Å². The molecule has 0 saturated heterocycles. The van der Waals surface area contributed by atoms with Crippen LogP contribution in [0.15, 0.2) is 186 Å². The van der Waals surface area contributed by atoms with Crippen molar-refractivity contribution >= 4 is 76.4 Å². The van der Waals surface area contributed by atoms with Crippen LogP contribution in [0.2, 0.25) is 0 Å². The first-order valence-corrected chi connectivity index (χ1v) is 18.2. The standard InChI is InChI=1S/C49H30S/c1-3-15-34-32(13-1)29-33-14-2-4-16-35(33)44(34)30-25-27-31(28-26-30)45-46-40-21-9-5-17-36(40)38-19-7-11-23-42(38)48(46)50-49-43-24-12-8-20-39(43)37-18-6-10-22-41(37)47(45)49/h1-29,45H. The summed E-state index contributed by atoms with van der Waals surface area (Å²) in [6.07, 6.45) is 0. The summed E-state index contributed by atoms with van der Waals surface area (Å²) < 4.78 is 0. The van der Waals surface area contributed by atoms with Crippen molar-refractivity contribution < 1.29 is 0 Å². The largest absolute Gasteiger partial charge is 0.0881 e. The van der Waals surface area contributed by atoms with E-state index in [9.17, 15) is 0 Å². The molecule has 1 aliphatic heterocycles. The summed E-state index contributed by atoms with van der Waals surface area (Å²) in [5.74, 6) is 0.0589. The third-order valence-corrected chi connectivity index (χ3v) is 12.2. The molecule has 50 heavy (non-hydrogen) atoms. The molecule has 1 heteroatoms. The third-order valence-electron chi connectivity index (χ3n) is 10.9. The van der Waals surface area contributed by atoms with E-state index in [4.69, 9.17) is 0 Å². The number of benzene rings is 10. The number of rotatable bonds is 2. The zero-order valence-electron chi connectivity index (χ0n) is 27.2. The molecule has 1 aliphatic rings. The van der Waals surface area contributed by atoms with Crippen molar-refractivity contribution in [3.05, 3.63) is 193 Å². The molecule has 0 aromatic heterocycles. The zero-order chi connectivity index (χ0) is 32.8. The van der Waals surface area contributed by atoms with Gasteiger partial charge in [0.1, 0.15) is 0 Å². The molecule has 0 aliphatic carbocycles. The normalized spacial score (nSPS) is 13.0. The maximum atomic E-state index is 2.41. The SMILES string of the molecule is c1ccc2c(-c3ccc(C4c5c(c6ccccc6c6ccccc56)Sc5c4c4ccccc4c4ccccc54)cc3)c3ccccc3cc2c1. The second-order valence-electron chi connectivity index (χ2n) is 13.5. The van der Waals surface area contributed by atoms with E-state index >= 15 is 0 Å². The molecule has 0 atom stereocenters. The summed E-state index contributed by atoms with van der Waals surface area (Å²) in [4.78, 5) is 2.75. The molecule has 10 aromatic carbocycles. The van der Waals surface area contributed by atoms with Crippen molar-refractivity contribution in [3.8, 4) is 11.1 Å². The van der Waals surface area contributed by atoms with Crippen LogP contribution in [0, 0.1) is 0 Å². The van der Waals surface area contributed by atoms with Crippen LogP contribution in [0.25, 0.3) is 75.8 Å². The fraction of sp³-hybridized carbons (Fsp3) is 0.0204. The smallest absolute Gasteiger partial charge is 0.0375 e. The van der Waals surface area contributed by atoms with E-state index in [0.29, 0.717) is 0 Å². The van der Waals surface area contributed by atoms with E-state index in [-0.39, 0.29) is 5.92 Å². The first-order valence-electron chi connectivity index (χ1n) is 17.4. The maximum Gasteiger partial charge on any atom is 0.0375 e. The number of hydrogen-bond acceptors (Lipinski definition) is 1. The maximum absolute atomic E-state index is 2.41. The highest BCUT2D eigenvalue weighted by Crippen LogP contribution is 2.57. The zero-order valence-corrected chi connectivity index (χ0v) is 28.0. The minimum atomic E-state index is 0.0589. The second kappa shape index (κ2) is 10.8. The highest BCUT2D eigenvalue weighted by Gasteiger charge is 2.34. The van der Waals surface area contributed by atoms with Gasteiger partial charge in [0.05, 0.1) is 0 Å². The predicted molar refractivity (Wildman–Crippen MR) is 215 cm³/mol. The van der Waals surface area contributed by atoms with Crippen LogP contribution in [-0.2, 0) is 0 Å². The van der Waals surface area contributed by atoms with Gasteiger partial charge in [-0.3, -0.25) is 0 Å². The van der Waals surface area contributed by atoms with Crippen molar-refractivity contribution in [1.29, 1.82) is 0 Å². The topological polar surface area (TPSA) is 0 Å². The summed E-state index contributed by atoms with van der Waals surface area (Å²) in [5, 5.41) is 15.7. The van der Waals surface area contributed by atoms with Gasteiger partial charge >= 0.3 is 0 Å². The van der Waals surface area contributed by atoms with Gasteiger partial charge in [-0.15, -0.1) is 0 Å². The lowest BCUT2D eigenvalue weighted by Gasteiger charge is -2.33. The minimum Gasteiger partial charge on any atom is -0.0881 e. The summed E-state index contributed by atoms with van der Waals surface area (Å²) >= 11 is 1.97. The molecule has 232 valence electrons. The Morgan fingerprint density at radius 3 is 1.14 bits per heavy atom. The van der Waals surface area contributed by atoms with Crippen molar-refractivity contribution in [3.63, 3.8) is 0 Å². The predicted octanol–water partition coefficient (Wildman–Crippen LogP) is 13.9. The summed E-state index contributed by atoms with van der Waals surface area (Å²) in [6, 6.07) is 65.6. The Balaban J connectivity index is 1.24. The molecule has 0 spiro atoms. The van der Waals surface area contributed by atoms with E-state index in [1.54, 1.807) is 0 Å². The van der Waals surface area contributed by atoms with Crippen LogP contribution in [0.5, 0.6) is 0 Å². The van der Waals surface area contributed by atoms with E-state index in [1.807, 2.05) is 11.8 Å². The summed E-state index contributed by atoms with van der Waals surface area (Å²) in [6.45, 7) is 0. The van der Waals surface area contributed by atoms with Gasteiger partial charge in [0.25, 0.3) is 0 Å². The molecule has 10 aromatic rings. The lowest BCUT2D eigenvalue weighted by Crippen LogP contribution is -2.13. The van der Waals surface area contributed by atoms with Crippen LogP contribution < -0.4 is 0 Å². The van der Waals surface area contributed by atoms with Crippen LogP contribution >= 0.6 is 11.8 Å². The highest BCUT2D eigenvalue weighted by atomic mass is 32.2. The van der Waals surface area contributed by atoms with Gasteiger partial charge in [0.15, 0.2) is 0 Å². The van der Waals surface area contributed by atoms with Crippen molar-refractivity contribution in [1.82, 2.24) is 0 Å². The average Bonchev–Trinajstić information content (AvgIpc) is 3.19. The molecule has 0 N–H and O–H groups in total. The Labute approximate surface area is 294 Å². The molecule has 0 saturated carbocycles. The Hall–Kier alpha value is -5.89. The number of fused-ring (bicyclic) bond motifs is 14. The van der Waals surface area contributed by atoms with Gasteiger partial charge in [0.2, 0.25) is 0 Å². The first-order chi connectivity index (χ1) is 24.8. The Bertz CT molecular complexity index is 2830. The lowest BCUT2D eigenvalue weighted by atomic mass is 9.78. The molecule has 0 nitrogen and oxygen atoms in total. The molecule has 0 bridgehead atoms. The Morgan fingerprint density at radius 2 is 0.680 bits per heavy atom. The molecule has 1 heterocycles. The van der Waals surface area contributed by atoms with Gasteiger partial charge in [-0.1, -0.05) is 182 Å². The van der Waals surface area contributed by atoms with Crippen LogP contribution in [0.4, 0.5) is 0 Å². The van der Waals surface area contributed by atoms with Gasteiger partial charge in [-0.2, -0.15) is 0 Å². The molecular weight excluding hydrogens is 621 g/mol. The van der Waals surface area contributed by atoms with Crippen LogP contribution in [0.3, 0.4) is 0 Å². The Morgan fingerprint density at radius 1 is 0.320 bits per heavy atom. The van der Waals surface area contributed by atoms with Crippen molar-refractivity contribution in [2.75, 3.05) is 0 Å². The lowest BCUT2D eigenvalue weighted by molar-refractivity contribution is 0.938. The third kappa shape index (κ3) is 3.96. The van der Waals surface area contributed by atoms with Crippen molar-refractivity contribution in [2.45, 2.75) is 15.7 Å². The van der Waals surface area contributed by atoms with Gasteiger partial charge in [-0.05, 0) is 98.5 Å². The Kier molecular flexibility index (Phi) is 6.05. The van der Waals surface area contributed by atoms with Gasteiger partial charge in [-0.25, -0.2) is 0 Å². The number of hydrogen-bond donors (Lipinski definition) is 0. The molecule has 0 radical (unpaired) electrons. The monoisotopic (exact) mass is 650 g/mol. The van der Waals surface area contributed by atoms with E-state index in [2.05, 4.69) is 176 Å². The molecule has 11 rings (SSSR count). The summed E-state index contributed by atoms with van der Waals surface area (Å²) in [7, 11) is 0. The highest BCUT2D eigenvalue weighted by molar-refractivity contribution is 8.00. The van der Waals surface area contributed by atoms with Crippen molar-refractivity contribution in [2.24, 2.45) is 0 Å². The van der Waals surface area contributed by atoms with E-state index in [0.717, 1.165) is 0 Å². The van der Waals surface area contributed by atoms with Gasteiger partial charge < -0.3 is 0 Å². The summed E-state index contributed by atoms with van der Waals surface area (Å²) in [5.41, 5.74) is 6.71. The van der Waals surface area contributed by atoms with Crippen LogP contribution in [-0.4, -0.2) is 0 Å². The van der Waals surface area contributed by atoms with Gasteiger partial charge in [0, 0.05) is 15.7 Å². The fourth-order valence-electron chi connectivity index (χ4n) is 8.81. The fourth-order valence-corrected chi connectivity index (χ4v) is 10.3. The van der Waals surface area contributed by atoms with E-state index in [1.165, 1.54) is 102 Å². The van der Waals surface area contributed by atoms with Crippen LogP contribution in [0.1, 0.15) is 22.6 Å². The minimum absolute atomic E-state index is 0.0589. The molecule has 0 amide bonds. The molecule has 0 unspecified atom stereocenters. The molecule has 0 fully saturated rings. The average molecular weight is 651 g/mol. The molecular formula is C49H30S.